The smallest absolute Gasteiger partial charge is 0.335 e. The zero-order valence-electron chi connectivity index (χ0n) is 10.9. The van der Waals surface area contributed by atoms with E-state index >= 15 is 0 Å². The highest BCUT2D eigenvalue weighted by molar-refractivity contribution is 9.10. The molecule has 0 aliphatic heterocycles. The van der Waals surface area contributed by atoms with E-state index < -0.39 is 5.97 Å². The number of anilines is 1. The van der Waals surface area contributed by atoms with Crippen LogP contribution in [-0.4, -0.2) is 23.5 Å². The van der Waals surface area contributed by atoms with Gasteiger partial charge in [-0.1, -0.05) is 6.42 Å². The van der Waals surface area contributed by atoms with Gasteiger partial charge in [0, 0.05) is 10.4 Å². The van der Waals surface area contributed by atoms with Gasteiger partial charge < -0.3 is 16.2 Å². The molecule has 1 aromatic rings. The van der Waals surface area contributed by atoms with Gasteiger partial charge >= 0.3 is 5.97 Å². The third-order valence-corrected chi connectivity index (χ3v) is 4.43. The fourth-order valence-electron chi connectivity index (χ4n) is 2.64. The standard InChI is InChI=1S/C14H17BrN2O3/c15-11-6-8(14(19)20)4-5-12(11)17-13(18)10-3-1-2-9(10)7-16/h4-6,9-10H,1-3,7,16H2,(H,17,18)(H,19,20). The van der Waals surface area contributed by atoms with E-state index in [-0.39, 0.29) is 23.3 Å². The summed E-state index contributed by atoms with van der Waals surface area (Å²) < 4.78 is 0.563. The number of benzene rings is 1. The van der Waals surface area contributed by atoms with E-state index in [2.05, 4.69) is 21.2 Å². The van der Waals surface area contributed by atoms with Crippen LogP contribution in [0.15, 0.2) is 22.7 Å². The van der Waals surface area contributed by atoms with Crippen molar-refractivity contribution in [1.82, 2.24) is 0 Å². The molecule has 2 unspecified atom stereocenters. The Labute approximate surface area is 125 Å². The normalized spacial score (nSPS) is 21.7. The molecule has 0 radical (unpaired) electrons. The van der Waals surface area contributed by atoms with Crippen molar-refractivity contribution in [3.8, 4) is 0 Å². The predicted molar refractivity (Wildman–Crippen MR) is 79.6 cm³/mol. The van der Waals surface area contributed by atoms with E-state index in [1.54, 1.807) is 6.07 Å². The van der Waals surface area contributed by atoms with Crippen LogP contribution >= 0.6 is 15.9 Å². The Bertz CT molecular complexity index is 533. The number of hydrogen-bond acceptors (Lipinski definition) is 3. The van der Waals surface area contributed by atoms with Crippen LogP contribution in [0.4, 0.5) is 5.69 Å². The van der Waals surface area contributed by atoms with Crippen LogP contribution in [0.1, 0.15) is 29.6 Å². The number of rotatable bonds is 4. The first-order chi connectivity index (χ1) is 9.52. The van der Waals surface area contributed by atoms with Crippen molar-refractivity contribution in [3.05, 3.63) is 28.2 Å². The molecule has 2 rings (SSSR count). The van der Waals surface area contributed by atoms with Gasteiger partial charge in [0.1, 0.15) is 0 Å². The number of hydrogen-bond donors (Lipinski definition) is 3. The summed E-state index contributed by atoms with van der Waals surface area (Å²) in [5, 5.41) is 11.7. The number of nitrogens with two attached hydrogens (primary N) is 1. The quantitative estimate of drug-likeness (QED) is 0.784. The minimum atomic E-state index is -0.998. The maximum Gasteiger partial charge on any atom is 0.335 e. The topological polar surface area (TPSA) is 92.4 Å². The van der Waals surface area contributed by atoms with Crippen molar-refractivity contribution in [2.45, 2.75) is 19.3 Å². The molecule has 0 bridgehead atoms. The molecule has 2 atom stereocenters. The summed E-state index contributed by atoms with van der Waals surface area (Å²) in [6, 6.07) is 4.54. The predicted octanol–water partition coefficient (Wildman–Crippen LogP) is 2.46. The van der Waals surface area contributed by atoms with Gasteiger partial charge in [-0.3, -0.25) is 4.79 Å². The molecule has 5 nitrogen and oxygen atoms in total. The molecule has 0 aromatic heterocycles. The van der Waals surface area contributed by atoms with Gasteiger partial charge in [-0.2, -0.15) is 0 Å². The van der Waals surface area contributed by atoms with Gasteiger partial charge in [0.05, 0.1) is 11.3 Å². The van der Waals surface area contributed by atoms with Crippen LogP contribution in [0.25, 0.3) is 0 Å². The minimum absolute atomic E-state index is 0.0401. The van der Waals surface area contributed by atoms with Crippen molar-refractivity contribution < 1.29 is 14.7 Å². The largest absolute Gasteiger partial charge is 0.478 e. The van der Waals surface area contributed by atoms with Crippen LogP contribution in [0, 0.1) is 11.8 Å². The lowest BCUT2D eigenvalue weighted by Gasteiger charge is -2.18. The molecule has 108 valence electrons. The van der Waals surface area contributed by atoms with Gasteiger partial charge in [-0.25, -0.2) is 4.79 Å². The number of aromatic carboxylic acids is 1. The lowest BCUT2D eigenvalue weighted by atomic mass is 9.95. The first-order valence-electron chi connectivity index (χ1n) is 6.56. The summed E-state index contributed by atoms with van der Waals surface area (Å²) in [5.74, 6) is -0.845. The number of nitrogens with one attached hydrogen (secondary N) is 1. The molecule has 1 aliphatic rings. The zero-order valence-corrected chi connectivity index (χ0v) is 12.5. The minimum Gasteiger partial charge on any atom is -0.478 e. The zero-order chi connectivity index (χ0) is 14.7. The van der Waals surface area contributed by atoms with E-state index in [1.165, 1.54) is 12.1 Å². The molecule has 1 aromatic carbocycles. The van der Waals surface area contributed by atoms with Gasteiger partial charge in [0.15, 0.2) is 0 Å². The highest BCUT2D eigenvalue weighted by Gasteiger charge is 2.32. The molecular formula is C14H17BrN2O3. The Morgan fingerprint density at radius 2 is 2.15 bits per heavy atom. The van der Waals surface area contributed by atoms with Crippen LogP contribution in [0.5, 0.6) is 0 Å². The highest BCUT2D eigenvalue weighted by atomic mass is 79.9. The summed E-state index contributed by atoms with van der Waals surface area (Å²) in [7, 11) is 0. The van der Waals surface area contributed by atoms with E-state index in [1.807, 2.05) is 0 Å². The molecule has 1 saturated carbocycles. The van der Waals surface area contributed by atoms with Crippen molar-refractivity contribution in [1.29, 1.82) is 0 Å². The Balaban J connectivity index is 2.10. The summed E-state index contributed by atoms with van der Waals surface area (Å²) in [5.41, 5.74) is 6.45. The molecule has 1 amide bonds. The van der Waals surface area contributed by atoms with Crippen molar-refractivity contribution in [2.75, 3.05) is 11.9 Å². The average Bonchev–Trinajstić information content (AvgIpc) is 2.89. The summed E-state index contributed by atoms with van der Waals surface area (Å²) in [6.45, 7) is 0.525. The summed E-state index contributed by atoms with van der Waals surface area (Å²) in [4.78, 5) is 23.1. The lowest BCUT2D eigenvalue weighted by molar-refractivity contribution is -0.120. The lowest BCUT2D eigenvalue weighted by Crippen LogP contribution is -2.29. The molecule has 0 heterocycles. The van der Waals surface area contributed by atoms with E-state index in [0.29, 0.717) is 16.7 Å². The second-order valence-electron chi connectivity index (χ2n) is 5.02. The molecule has 0 spiro atoms. The van der Waals surface area contributed by atoms with Crippen molar-refractivity contribution in [3.63, 3.8) is 0 Å². The van der Waals surface area contributed by atoms with Gasteiger partial charge in [0.2, 0.25) is 5.91 Å². The third kappa shape index (κ3) is 3.19. The molecule has 0 saturated heterocycles. The van der Waals surface area contributed by atoms with Crippen LogP contribution in [-0.2, 0) is 4.79 Å². The molecule has 20 heavy (non-hydrogen) atoms. The Kier molecular flexibility index (Phi) is 4.77. The Morgan fingerprint density at radius 3 is 2.75 bits per heavy atom. The van der Waals surface area contributed by atoms with E-state index in [4.69, 9.17) is 10.8 Å². The third-order valence-electron chi connectivity index (χ3n) is 3.77. The molecule has 1 aliphatic carbocycles. The fraction of sp³-hybridized carbons (Fsp3) is 0.429. The number of carbonyl (C=O) groups excluding carboxylic acids is 1. The number of carboxylic acids is 1. The number of amides is 1. The maximum absolute atomic E-state index is 12.3. The summed E-state index contributed by atoms with van der Waals surface area (Å²) >= 11 is 3.28. The van der Waals surface area contributed by atoms with Gasteiger partial charge in [-0.05, 0) is 59.4 Å². The summed E-state index contributed by atoms with van der Waals surface area (Å²) in [6.07, 6.45) is 2.88. The first kappa shape index (κ1) is 15.0. The van der Waals surface area contributed by atoms with E-state index in [9.17, 15) is 9.59 Å². The number of carboxylic acid groups (broad SMARTS) is 1. The van der Waals surface area contributed by atoms with Gasteiger partial charge in [-0.15, -0.1) is 0 Å². The number of halogens is 1. The Hall–Kier alpha value is -1.40. The fourth-order valence-corrected chi connectivity index (χ4v) is 3.12. The van der Waals surface area contributed by atoms with Crippen molar-refractivity contribution in [2.24, 2.45) is 17.6 Å². The van der Waals surface area contributed by atoms with Crippen LogP contribution in [0.3, 0.4) is 0 Å². The van der Waals surface area contributed by atoms with Crippen LogP contribution < -0.4 is 11.1 Å². The maximum atomic E-state index is 12.3. The second kappa shape index (κ2) is 6.37. The average molecular weight is 341 g/mol. The second-order valence-corrected chi connectivity index (χ2v) is 5.88. The molecular weight excluding hydrogens is 324 g/mol. The first-order valence-corrected chi connectivity index (χ1v) is 7.36. The SMILES string of the molecule is NCC1CCCC1C(=O)Nc1ccc(C(=O)O)cc1Br. The molecule has 6 heteroatoms. The Morgan fingerprint density at radius 1 is 1.40 bits per heavy atom. The van der Waals surface area contributed by atoms with Gasteiger partial charge in [0.25, 0.3) is 0 Å². The van der Waals surface area contributed by atoms with E-state index in [0.717, 1.165) is 19.3 Å². The molecule has 1 fully saturated rings. The van der Waals surface area contributed by atoms with Crippen LogP contribution in [0.2, 0.25) is 0 Å². The monoisotopic (exact) mass is 340 g/mol. The molecule has 4 N–H and O–H groups in total. The van der Waals surface area contributed by atoms with Crippen molar-refractivity contribution >= 4 is 33.5 Å². The number of carbonyl (C=O) groups is 2. The highest BCUT2D eigenvalue weighted by Crippen LogP contribution is 2.33.